The minimum Gasteiger partial charge on any atom is -0.442 e. The third kappa shape index (κ3) is 2.43. The molecule has 0 amide bonds. The van der Waals surface area contributed by atoms with Gasteiger partial charge in [0.2, 0.25) is 0 Å². The molecule has 0 saturated carbocycles. The summed E-state index contributed by atoms with van der Waals surface area (Å²) < 4.78 is 13.4. The number of aromatic nitrogens is 3. The van der Waals surface area contributed by atoms with Crippen LogP contribution >= 0.6 is 0 Å². The van der Waals surface area contributed by atoms with Crippen LogP contribution < -0.4 is 11.4 Å². The van der Waals surface area contributed by atoms with Crippen molar-refractivity contribution in [2.24, 2.45) is 7.05 Å². The fourth-order valence-electron chi connectivity index (χ4n) is 2.57. The van der Waals surface area contributed by atoms with E-state index in [1.54, 1.807) is 26.8 Å². The van der Waals surface area contributed by atoms with E-state index in [1.807, 2.05) is 6.08 Å². The molecule has 3 rings (SSSR count). The fraction of sp³-hybridized carbons (Fsp3) is 0.643. The highest BCUT2D eigenvalue weighted by Crippen LogP contribution is 2.36. The summed E-state index contributed by atoms with van der Waals surface area (Å²) in [5.74, 6) is 0. The Morgan fingerprint density at radius 1 is 1.27 bits per heavy atom. The van der Waals surface area contributed by atoms with E-state index in [0.29, 0.717) is 6.42 Å². The molecule has 0 radical (unpaired) electrons. The molecule has 1 aliphatic carbocycles. The number of epoxide rings is 1. The number of rotatable bonds is 1. The average molecular weight is 309 g/mol. The second-order valence-electron chi connectivity index (χ2n) is 6.59. The lowest BCUT2D eigenvalue weighted by molar-refractivity contribution is 0.0473. The normalized spacial score (nSPS) is 26.6. The van der Waals surface area contributed by atoms with E-state index in [2.05, 4.69) is 0 Å². The van der Waals surface area contributed by atoms with Gasteiger partial charge in [-0.2, -0.15) is 0 Å². The summed E-state index contributed by atoms with van der Waals surface area (Å²) in [6.45, 7) is 5.10. The predicted octanol–water partition coefficient (Wildman–Crippen LogP) is 0.400. The highest BCUT2D eigenvalue weighted by Gasteiger charge is 2.42. The summed E-state index contributed by atoms with van der Waals surface area (Å²) in [7, 11) is 1.34. The Morgan fingerprint density at radius 2 is 1.95 bits per heavy atom. The predicted molar refractivity (Wildman–Crippen MR) is 77.0 cm³/mol. The van der Waals surface area contributed by atoms with E-state index in [-0.39, 0.29) is 12.2 Å². The van der Waals surface area contributed by atoms with Crippen LogP contribution in [0.3, 0.4) is 0 Å². The average Bonchev–Trinajstić information content (AvgIpc) is 3.14. The number of ether oxygens (including phenoxy) is 2. The van der Waals surface area contributed by atoms with E-state index < -0.39 is 29.1 Å². The Labute approximate surface area is 126 Å². The molecule has 0 bridgehead atoms. The molecule has 8 heteroatoms. The maximum atomic E-state index is 12.3. The molecular weight excluding hydrogens is 290 g/mol. The van der Waals surface area contributed by atoms with E-state index in [4.69, 9.17) is 9.47 Å². The quantitative estimate of drug-likeness (QED) is 0.553. The van der Waals surface area contributed by atoms with E-state index >= 15 is 0 Å². The van der Waals surface area contributed by atoms with Gasteiger partial charge in [0.15, 0.2) is 0 Å². The van der Waals surface area contributed by atoms with Gasteiger partial charge in [-0.1, -0.05) is 12.2 Å². The van der Waals surface area contributed by atoms with Gasteiger partial charge in [0.1, 0.15) is 11.7 Å². The molecule has 0 unspecified atom stereocenters. The topological polar surface area (TPSA) is 87.8 Å². The van der Waals surface area contributed by atoms with Crippen molar-refractivity contribution in [2.75, 3.05) is 0 Å². The smallest absolute Gasteiger partial charge is 0.438 e. The van der Waals surface area contributed by atoms with Gasteiger partial charge in [-0.3, -0.25) is 0 Å². The lowest BCUT2D eigenvalue weighted by Gasteiger charge is -2.22. The van der Waals surface area contributed by atoms with Crippen LogP contribution in [0.5, 0.6) is 0 Å². The van der Waals surface area contributed by atoms with Crippen LogP contribution in [-0.4, -0.2) is 37.8 Å². The molecule has 1 fully saturated rings. The van der Waals surface area contributed by atoms with Gasteiger partial charge in [0.05, 0.1) is 12.1 Å². The highest BCUT2D eigenvalue weighted by molar-refractivity contribution is 5.69. The van der Waals surface area contributed by atoms with Gasteiger partial charge in [-0.25, -0.2) is 23.6 Å². The molecule has 22 heavy (non-hydrogen) atoms. The molecule has 0 spiro atoms. The Bertz CT molecular complexity index is 761. The molecule has 120 valence electrons. The molecule has 8 nitrogen and oxygen atoms in total. The second-order valence-corrected chi connectivity index (χ2v) is 6.59. The van der Waals surface area contributed by atoms with Crippen molar-refractivity contribution in [2.45, 2.75) is 51.0 Å². The SMILES string of the molecule is Cn1c(=O)n(C(=O)OC(C)(C)C)n([C@@H]2C=C[C@H]3O[C@H]3C2)c1=O. The van der Waals surface area contributed by atoms with Gasteiger partial charge in [-0.15, -0.1) is 4.68 Å². The van der Waals surface area contributed by atoms with Crippen LogP contribution in [0, 0.1) is 0 Å². The number of nitrogens with zero attached hydrogens (tertiary/aromatic N) is 3. The lowest BCUT2D eigenvalue weighted by Crippen LogP contribution is -2.39. The number of hydrogen-bond donors (Lipinski definition) is 0. The summed E-state index contributed by atoms with van der Waals surface area (Å²) in [6, 6.07) is -0.405. The van der Waals surface area contributed by atoms with Crippen molar-refractivity contribution >= 4 is 6.09 Å². The van der Waals surface area contributed by atoms with Gasteiger partial charge in [0.25, 0.3) is 0 Å². The first kappa shape index (κ1) is 14.8. The maximum Gasteiger partial charge on any atom is 0.438 e. The van der Waals surface area contributed by atoms with Crippen molar-refractivity contribution in [3.63, 3.8) is 0 Å². The standard InChI is InChI=1S/C14H19N3O5/c1-14(2,3)22-13(20)17-12(19)15(4)11(18)16(17)8-5-6-9-10(7-8)21-9/h5-6,8-10H,7H2,1-4H3/t8-,9-,10+/m1/s1. The molecular formula is C14H19N3O5. The Morgan fingerprint density at radius 3 is 2.55 bits per heavy atom. The highest BCUT2D eigenvalue weighted by atomic mass is 16.6. The number of allylic oxidation sites excluding steroid dienone is 1. The van der Waals surface area contributed by atoms with E-state index in [9.17, 15) is 14.4 Å². The third-order valence-electron chi connectivity index (χ3n) is 3.67. The zero-order valence-electron chi connectivity index (χ0n) is 13.0. The van der Waals surface area contributed by atoms with Crippen LogP contribution in [0.4, 0.5) is 4.79 Å². The second kappa shape index (κ2) is 4.70. The minimum atomic E-state index is -0.859. The molecule has 2 heterocycles. The van der Waals surface area contributed by atoms with Gasteiger partial charge in [0, 0.05) is 13.5 Å². The number of carbonyl (C=O) groups excluding carboxylic acids is 1. The largest absolute Gasteiger partial charge is 0.442 e. The zero-order valence-corrected chi connectivity index (χ0v) is 13.0. The molecule has 1 saturated heterocycles. The fourth-order valence-corrected chi connectivity index (χ4v) is 2.57. The first-order chi connectivity index (χ1) is 10.2. The van der Waals surface area contributed by atoms with Crippen molar-refractivity contribution in [3.05, 3.63) is 33.1 Å². The van der Waals surface area contributed by atoms with Gasteiger partial charge in [-0.05, 0) is 20.8 Å². The van der Waals surface area contributed by atoms with Crippen molar-refractivity contribution < 1.29 is 14.3 Å². The van der Waals surface area contributed by atoms with Crippen LogP contribution in [-0.2, 0) is 16.5 Å². The molecule has 1 aromatic rings. The monoisotopic (exact) mass is 309 g/mol. The maximum absolute atomic E-state index is 12.3. The van der Waals surface area contributed by atoms with Crippen molar-refractivity contribution in [1.82, 2.24) is 13.9 Å². The van der Waals surface area contributed by atoms with E-state index in [0.717, 1.165) is 13.9 Å². The lowest BCUT2D eigenvalue weighted by atomic mass is 10.0. The first-order valence-electron chi connectivity index (χ1n) is 7.17. The summed E-state index contributed by atoms with van der Waals surface area (Å²) >= 11 is 0. The molecule has 2 aliphatic rings. The summed E-state index contributed by atoms with van der Waals surface area (Å²) in [4.78, 5) is 36.9. The Balaban J connectivity index is 2.06. The zero-order chi connectivity index (χ0) is 16.2. The molecule has 0 N–H and O–H groups in total. The summed E-state index contributed by atoms with van der Waals surface area (Å²) in [5.41, 5.74) is -2.03. The molecule has 0 aromatic carbocycles. The van der Waals surface area contributed by atoms with Crippen LogP contribution in [0.1, 0.15) is 33.2 Å². The van der Waals surface area contributed by atoms with Crippen LogP contribution in [0.25, 0.3) is 0 Å². The molecule has 1 aliphatic heterocycles. The van der Waals surface area contributed by atoms with Gasteiger partial charge >= 0.3 is 17.5 Å². The number of hydrogen-bond acceptors (Lipinski definition) is 5. The number of fused-ring (bicyclic) bond motifs is 1. The number of carbonyl (C=O) groups is 1. The van der Waals surface area contributed by atoms with Crippen LogP contribution in [0.15, 0.2) is 21.7 Å². The molecule has 1 aromatic heterocycles. The third-order valence-corrected chi connectivity index (χ3v) is 3.67. The molecule has 3 atom stereocenters. The van der Waals surface area contributed by atoms with Crippen molar-refractivity contribution in [1.29, 1.82) is 0 Å². The van der Waals surface area contributed by atoms with Crippen molar-refractivity contribution in [3.8, 4) is 0 Å². The van der Waals surface area contributed by atoms with Gasteiger partial charge < -0.3 is 9.47 Å². The first-order valence-corrected chi connectivity index (χ1v) is 7.17. The summed E-state index contributed by atoms with van der Waals surface area (Å²) in [6.07, 6.45) is 3.47. The van der Waals surface area contributed by atoms with E-state index in [1.165, 1.54) is 7.05 Å². The minimum absolute atomic E-state index is 0.0456. The van der Waals surface area contributed by atoms with Crippen LogP contribution in [0.2, 0.25) is 0 Å². The Hall–Kier alpha value is -2.09. The Kier molecular flexibility index (Phi) is 3.17. The summed E-state index contributed by atoms with van der Waals surface area (Å²) in [5, 5.41) is 0.